The molecule has 1 aliphatic rings. The van der Waals surface area contributed by atoms with Crippen molar-refractivity contribution in [3.8, 4) is 5.88 Å². The number of thiazole rings is 1. The van der Waals surface area contributed by atoms with Crippen molar-refractivity contribution in [2.24, 2.45) is 15.4 Å². The zero-order chi connectivity index (χ0) is 9.26. The molecule has 0 saturated heterocycles. The molecule has 5 nitrogen and oxygen atoms in total. The Morgan fingerprint density at radius 3 is 3.00 bits per heavy atom. The molecule has 0 aliphatic carbocycles. The molecule has 0 spiro atoms. The van der Waals surface area contributed by atoms with Gasteiger partial charge in [0.2, 0.25) is 5.88 Å². The van der Waals surface area contributed by atoms with Crippen molar-refractivity contribution >= 4 is 35.8 Å². The molecule has 7 heteroatoms. The summed E-state index contributed by atoms with van der Waals surface area (Å²) in [6, 6.07) is 0. The lowest BCUT2D eigenvalue weighted by atomic mass is 10.4. The summed E-state index contributed by atoms with van der Waals surface area (Å²) in [7, 11) is 0. The number of nitrogens with zero attached hydrogens (tertiary/aromatic N) is 3. The van der Waals surface area contributed by atoms with Gasteiger partial charge in [0.15, 0.2) is 3.95 Å². The zero-order valence-electron chi connectivity index (χ0n) is 6.26. The van der Waals surface area contributed by atoms with Gasteiger partial charge in [-0.25, -0.2) is 0 Å². The molecule has 0 radical (unpaired) electrons. The molecule has 0 fully saturated rings. The lowest BCUT2D eigenvalue weighted by molar-refractivity contribution is 0.456. The number of aromatic nitrogens is 1. The third kappa shape index (κ3) is 1.70. The first-order valence-corrected chi connectivity index (χ1v) is 4.56. The first-order chi connectivity index (χ1) is 6.25. The summed E-state index contributed by atoms with van der Waals surface area (Å²) in [4.78, 5) is 3.24. The quantitative estimate of drug-likeness (QED) is 0.701. The Bertz CT molecular complexity index is 453. The van der Waals surface area contributed by atoms with E-state index in [1.165, 1.54) is 17.6 Å². The van der Waals surface area contributed by atoms with E-state index in [1.54, 1.807) is 6.08 Å². The third-order valence-electron chi connectivity index (χ3n) is 1.34. The Balaban J connectivity index is 2.42. The minimum absolute atomic E-state index is 0.0537. The van der Waals surface area contributed by atoms with Crippen LogP contribution in [-0.2, 0) is 0 Å². The Labute approximate surface area is 82.2 Å². The van der Waals surface area contributed by atoms with Crippen LogP contribution in [0.1, 0.15) is 4.88 Å². The standard InChI is InChI=1S/C6H4N4OS2/c11-5-4(13-6(12)8-5)1-3-2-7-10-9-3/h1-2,11H,(H,8,12)/b3-1-. The highest BCUT2D eigenvalue weighted by molar-refractivity contribution is 7.73. The number of allylic oxidation sites excluding steroid dienone is 1. The van der Waals surface area contributed by atoms with Crippen molar-refractivity contribution in [3.63, 3.8) is 0 Å². The van der Waals surface area contributed by atoms with Gasteiger partial charge < -0.3 is 10.1 Å². The number of H-pyrrole nitrogens is 1. The normalized spacial score (nSPS) is 17.4. The summed E-state index contributed by atoms with van der Waals surface area (Å²) in [5.41, 5.74) is 0.598. The van der Waals surface area contributed by atoms with Gasteiger partial charge in [0.1, 0.15) is 5.70 Å². The second-order valence-electron chi connectivity index (χ2n) is 2.23. The highest BCUT2D eigenvalue weighted by Crippen LogP contribution is 2.24. The number of hydrogen-bond donors (Lipinski definition) is 2. The average molecular weight is 212 g/mol. The molecule has 2 N–H and O–H groups in total. The van der Waals surface area contributed by atoms with Gasteiger partial charge in [-0.05, 0) is 23.5 Å². The molecule has 0 saturated carbocycles. The molecule has 0 unspecified atom stereocenters. The van der Waals surface area contributed by atoms with Crippen LogP contribution in [0.15, 0.2) is 21.1 Å². The van der Waals surface area contributed by atoms with Crippen molar-refractivity contribution in [2.45, 2.75) is 0 Å². The molecule has 13 heavy (non-hydrogen) atoms. The van der Waals surface area contributed by atoms with Gasteiger partial charge in [-0.3, -0.25) is 0 Å². The predicted molar refractivity (Wildman–Crippen MR) is 52.5 cm³/mol. The Hall–Kier alpha value is -1.34. The van der Waals surface area contributed by atoms with Crippen LogP contribution in [0.4, 0.5) is 0 Å². The number of aromatic hydroxyl groups is 1. The number of aromatic amines is 1. The van der Waals surface area contributed by atoms with E-state index >= 15 is 0 Å². The summed E-state index contributed by atoms with van der Waals surface area (Å²) < 4.78 is 0.524. The molecular formula is C6H4N4OS2. The molecule has 1 aromatic heterocycles. The Kier molecular flexibility index (Phi) is 2.03. The highest BCUT2D eigenvalue weighted by Gasteiger charge is 2.04. The first kappa shape index (κ1) is 8.27. The van der Waals surface area contributed by atoms with E-state index in [4.69, 9.17) is 12.2 Å². The minimum atomic E-state index is 0.0537. The number of rotatable bonds is 1. The lowest BCUT2D eigenvalue weighted by Gasteiger charge is -1.86. The average Bonchev–Trinajstić information content (AvgIpc) is 2.63. The van der Waals surface area contributed by atoms with Gasteiger partial charge in [0.05, 0.1) is 11.1 Å². The smallest absolute Gasteiger partial charge is 0.207 e. The molecule has 66 valence electrons. The van der Waals surface area contributed by atoms with Crippen LogP contribution >= 0.6 is 23.6 Å². The van der Waals surface area contributed by atoms with Crippen LogP contribution in [0.5, 0.6) is 5.88 Å². The van der Waals surface area contributed by atoms with Crippen molar-refractivity contribution in [2.75, 3.05) is 0 Å². The zero-order valence-corrected chi connectivity index (χ0v) is 7.89. The molecular weight excluding hydrogens is 208 g/mol. The van der Waals surface area contributed by atoms with E-state index in [0.717, 1.165) is 0 Å². The molecule has 2 heterocycles. The monoisotopic (exact) mass is 212 g/mol. The minimum Gasteiger partial charge on any atom is -0.494 e. The van der Waals surface area contributed by atoms with Crippen molar-refractivity contribution in [1.29, 1.82) is 0 Å². The highest BCUT2D eigenvalue weighted by atomic mass is 32.1. The largest absolute Gasteiger partial charge is 0.494 e. The van der Waals surface area contributed by atoms with Crippen molar-refractivity contribution < 1.29 is 5.11 Å². The maximum absolute atomic E-state index is 9.32. The lowest BCUT2D eigenvalue weighted by Crippen LogP contribution is -1.73. The van der Waals surface area contributed by atoms with E-state index in [2.05, 4.69) is 20.4 Å². The van der Waals surface area contributed by atoms with E-state index in [0.29, 0.717) is 14.5 Å². The maximum atomic E-state index is 9.32. The molecule has 0 atom stereocenters. The second kappa shape index (κ2) is 3.19. The fourth-order valence-corrected chi connectivity index (χ4v) is 1.86. The molecule has 1 aromatic rings. The van der Waals surface area contributed by atoms with E-state index in [-0.39, 0.29) is 5.88 Å². The number of hydrogen-bond acceptors (Lipinski definition) is 6. The van der Waals surface area contributed by atoms with Crippen LogP contribution in [-0.4, -0.2) is 16.3 Å². The molecule has 1 aliphatic heterocycles. The third-order valence-corrected chi connectivity index (χ3v) is 2.51. The first-order valence-electron chi connectivity index (χ1n) is 3.33. The van der Waals surface area contributed by atoms with E-state index < -0.39 is 0 Å². The van der Waals surface area contributed by atoms with Gasteiger partial charge in [-0.15, -0.1) is 21.6 Å². The predicted octanol–water partition coefficient (Wildman–Crippen LogP) is 2.30. The van der Waals surface area contributed by atoms with Gasteiger partial charge in [0, 0.05) is 0 Å². The summed E-state index contributed by atoms with van der Waals surface area (Å²) in [5, 5.41) is 20.0. The van der Waals surface area contributed by atoms with E-state index in [1.807, 2.05) is 0 Å². The van der Waals surface area contributed by atoms with Crippen molar-refractivity contribution in [3.05, 3.63) is 14.5 Å². The molecule has 0 amide bonds. The number of nitrogens with one attached hydrogen (secondary N) is 1. The molecule has 2 rings (SSSR count). The summed E-state index contributed by atoms with van der Waals surface area (Å²) in [6.07, 6.45) is 3.16. The van der Waals surface area contributed by atoms with Crippen molar-refractivity contribution in [1.82, 2.24) is 4.98 Å². The van der Waals surface area contributed by atoms with Gasteiger partial charge >= 0.3 is 0 Å². The summed E-state index contributed by atoms with van der Waals surface area (Å²) in [5.74, 6) is 0.0537. The summed E-state index contributed by atoms with van der Waals surface area (Å²) in [6.45, 7) is 0. The van der Waals surface area contributed by atoms with Crippen LogP contribution in [0.25, 0.3) is 6.08 Å². The Morgan fingerprint density at radius 2 is 2.46 bits per heavy atom. The van der Waals surface area contributed by atoms with Crippen LogP contribution in [0, 0.1) is 3.95 Å². The maximum Gasteiger partial charge on any atom is 0.207 e. The molecule has 0 aromatic carbocycles. The second-order valence-corrected chi connectivity index (χ2v) is 3.95. The SMILES string of the molecule is Oc1[nH]c(=S)sc1/C=C1/C=NN=N1. The van der Waals surface area contributed by atoms with Crippen LogP contribution < -0.4 is 0 Å². The van der Waals surface area contributed by atoms with E-state index in [9.17, 15) is 5.11 Å². The van der Waals surface area contributed by atoms with Crippen LogP contribution in [0.2, 0.25) is 0 Å². The van der Waals surface area contributed by atoms with Gasteiger partial charge in [-0.1, -0.05) is 0 Å². The fourth-order valence-electron chi connectivity index (χ4n) is 0.819. The topological polar surface area (TPSA) is 73.1 Å². The summed E-state index contributed by atoms with van der Waals surface area (Å²) >= 11 is 6.12. The fraction of sp³-hybridized carbons (Fsp3) is 0. The van der Waals surface area contributed by atoms with Gasteiger partial charge in [-0.2, -0.15) is 0 Å². The van der Waals surface area contributed by atoms with Gasteiger partial charge in [0.25, 0.3) is 0 Å². The Morgan fingerprint density at radius 1 is 1.62 bits per heavy atom. The van der Waals surface area contributed by atoms with Crippen LogP contribution in [0.3, 0.4) is 0 Å². The molecule has 0 bridgehead atoms.